The highest BCUT2D eigenvalue weighted by molar-refractivity contribution is 9.10. The van der Waals surface area contributed by atoms with E-state index in [2.05, 4.69) is 42.0 Å². The van der Waals surface area contributed by atoms with Gasteiger partial charge in [0.15, 0.2) is 0 Å². The first-order chi connectivity index (χ1) is 7.99. The molecule has 0 aliphatic carbocycles. The van der Waals surface area contributed by atoms with E-state index in [-0.39, 0.29) is 5.82 Å². The quantitative estimate of drug-likeness (QED) is 0.837. The molecule has 0 aliphatic rings. The van der Waals surface area contributed by atoms with Gasteiger partial charge >= 0.3 is 0 Å². The van der Waals surface area contributed by atoms with E-state index < -0.39 is 0 Å². The summed E-state index contributed by atoms with van der Waals surface area (Å²) < 4.78 is 14.4. The summed E-state index contributed by atoms with van der Waals surface area (Å²) in [5.41, 5.74) is 0.798. The third kappa shape index (κ3) is 5.64. The molecule has 0 radical (unpaired) electrons. The highest BCUT2D eigenvalue weighted by atomic mass is 79.9. The first kappa shape index (κ1) is 14.7. The van der Waals surface area contributed by atoms with Gasteiger partial charge in [0.25, 0.3) is 0 Å². The van der Waals surface area contributed by atoms with Gasteiger partial charge in [-0.2, -0.15) is 0 Å². The van der Waals surface area contributed by atoms with Gasteiger partial charge in [-0.3, -0.25) is 0 Å². The normalized spacial score (nSPS) is 13.1. The monoisotopic (exact) mass is 301 g/mol. The van der Waals surface area contributed by atoms with Crippen molar-refractivity contribution in [1.29, 1.82) is 0 Å². The Morgan fingerprint density at radius 1 is 1.24 bits per heavy atom. The molecule has 0 bridgehead atoms. The predicted molar refractivity (Wildman–Crippen MR) is 74.7 cm³/mol. The molecule has 0 fully saturated rings. The SMILES string of the molecule is CC(C)CNCC(C)Cc1ccc(Br)cc1F. The molecule has 1 unspecified atom stereocenters. The zero-order valence-corrected chi connectivity index (χ0v) is 12.3. The molecule has 1 aromatic rings. The van der Waals surface area contributed by atoms with Crippen LogP contribution in [0.3, 0.4) is 0 Å². The standard InChI is InChI=1S/C14H21BrFN/c1-10(2)8-17-9-11(3)6-12-4-5-13(15)7-14(12)16/h4-5,7,10-11,17H,6,8-9H2,1-3H3. The number of hydrogen-bond acceptors (Lipinski definition) is 1. The van der Waals surface area contributed by atoms with Gasteiger partial charge < -0.3 is 5.32 Å². The molecule has 17 heavy (non-hydrogen) atoms. The first-order valence-electron chi connectivity index (χ1n) is 6.13. The van der Waals surface area contributed by atoms with Crippen LogP contribution in [-0.4, -0.2) is 13.1 Å². The van der Waals surface area contributed by atoms with Crippen LogP contribution in [0, 0.1) is 17.7 Å². The molecule has 1 atom stereocenters. The van der Waals surface area contributed by atoms with E-state index in [1.54, 1.807) is 0 Å². The van der Waals surface area contributed by atoms with Crippen LogP contribution in [0.5, 0.6) is 0 Å². The maximum atomic E-state index is 13.6. The summed E-state index contributed by atoms with van der Waals surface area (Å²) in [4.78, 5) is 0. The predicted octanol–water partition coefficient (Wildman–Crippen LogP) is 4.01. The second kappa shape index (κ2) is 7.12. The van der Waals surface area contributed by atoms with Crippen LogP contribution in [-0.2, 0) is 6.42 Å². The van der Waals surface area contributed by atoms with E-state index in [1.807, 2.05) is 12.1 Å². The lowest BCUT2D eigenvalue weighted by Gasteiger charge is -2.14. The van der Waals surface area contributed by atoms with Gasteiger partial charge in [-0.1, -0.05) is 42.8 Å². The van der Waals surface area contributed by atoms with E-state index >= 15 is 0 Å². The van der Waals surface area contributed by atoms with Crippen molar-refractivity contribution in [3.8, 4) is 0 Å². The van der Waals surface area contributed by atoms with E-state index in [4.69, 9.17) is 0 Å². The average Bonchev–Trinajstić information content (AvgIpc) is 2.21. The van der Waals surface area contributed by atoms with Gasteiger partial charge in [0.05, 0.1) is 0 Å². The molecule has 0 amide bonds. The Bertz CT molecular complexity index is 352. The minimum atomic E-state index is -0.116. The van der Waals surface area contributed by atoms with Crippen LogP contribution >= 0.6 is 15.9 Å². The summed E-state index contributed by atoms with van der Waals surface area (Å²) in [6, 6.07) is 5.29. The fraction of sp³-hybridized carbons (Fsp3) is 0.571. The fourth-order valence-corrected chi connectivity index (χ4v) is 2.09. The Kier molecular flexibility index (Phi) is 6.14. The van der Waals surface area contributed by atoms with E-state index in [0.29, 0.717) is 11.8 Å². The molecule has 1 aromatic carbocycles. The van der Waals surface area contributed by atoms with Gasteiger partial charge in [-0.05, 0) is 49.0 Å². The van der Waals surface area contributed by atoms with Crippen molar-refractivity contribution in [1.82, 2.24) is 5.32 Å². The molecule has 1 N–H and O–H groups in total. The maximum absolute atomic E-state index is 13.6. The summed E-state index contributed by atoms with van der Waals surface area (Å²) >= 11 is 3.27. The van der Waals surface area contributed by atoms with Crippen molar-refractivity contribution in [2.75, 3.05) is 13.1 Å². The highest BCUT2D eigenvalue weighted by Crippen LogP contribution is 2.17. The molecule has 1 rings (SSSR count). The van der Waals surface area contributed by atoms with Gasteiger partial charge in [-0.15, -0.1) is 0 Å². The van der Waals surface area contributed by atoms with Crippen molar-refractivity contribution in [2.45, 2.75) is 27.2 Å². The number of benzene rings is 1. The minimum Gasteiger partial charge on any atom is -0.316 e. The van der Waals surface area contributed by atoms with Crippen molar-refractivity contribution in [2.24, 2.45) is 11.8 Å². The van der Waals surface area contributed by atoms with E-state index in [1.165, 1.54) is 6.07 Å². The van der Waals surface area contributed by atoms with Crippen LogP contribution in [0.2, 0.25) is 0 Å². The lowest BCUT2D eigenvalue weighted by molar-refractivity contribution is 0.466. The molecule has 1 nitrogen and oxygen atoms in total. The van der Waals surface area contributed by atoms with Crippen LogP contribution in [0.15, 0.2) is 22.7 Å². The molecule has 3 heteroatoms. The molecule has 96 valence electrons. The Labute approximate surface area is 112 Å². The van der Waals surface area contributed by atoms with Gasteiger partial charge in [0.2, 0.25) is 0 Å². The molecule has 0 saturated carbocycles. The van der Waals surface area contributed by atoms with Gasteiger partial charge in [-0.25, -0.2) is 4.39 Å². The fourth-order valence-electron chi connectivity index (χ4n) is 1.75. The van der Waals surface area contributed by atoms with E-state index in [0.717, 1.165) is 29.5 Å². The topological polar surface area (TPSA) is 12.0 Å². The van der Waals surface area contributed by atoms with Crippen molar-refractivity contribution in [3.05, 3.63) is 34.1 Å². The second-order valence-electron chi connectivity index (χ2n) is 5.10. The first-order valence-corrected chi connectivity index (χ1v) is 6.93. The number of rotatable bonds is 6. The van der Waals surface area contributed by atoms with Crippen molar-refractivity contribution >= 4 is 15.9 Å². The molecule has 0 aliphatic heterocycles. The molecular weight excluding hydrogens is 281 g/mol. The minimum absolute atomic E-state index is 0.116. The Balaban J connectivity index is 2.42. The lowest BCUT2D eigenvalue weighted by atomic mass is 10.0. The Hall–Kier alpha value is -0.410. The third-order valence-electron chi connectivity index (χ3n) is 2.63. The van der Waals surface area contributed by atoms with Crippen LogP contribution in [0.25, 0.3) is 0 Å². The van der Waals surface area contributed by atoms with Crippen LogP contribution < -0.4 is 5.32 Å². The zero-order valence-electron chi connectivity index (χ0n) is 10.8. The van der Waals surface area contributed by atoms with Crippen LogP contribution in [0.4, 0.5) is 4.39 Å². The summed E-state index contributed by atoms with van der Waals surface area (Å²) in [7, 11) is 0. The largest absolute Gasteiger partial charge is 0.316 e. The van der Waals surface area contributed by atoms with Crippen molar-refractivity contribution < 1.29 is 4.39 Å². The van der Waals surface area contributed by atoms with E-state index in [9.17, 15) is 4.39 Å². The van der Waals surface area contributed by atoms with Crippen LogP contribution in [0.1, 0.15) is 26.3 Å². The zero-order chi connectivity index (χ0) is 12.8. The summed E-state index contributed by atoms with van der Waals surface area (Å²) in [6.45, 7) is 8.48. The molecule has 0 aromatic heterocycles. The smallest absolute Gasteiger partial charge is 0.127 e. The third-order valence-corrected chi connectivity index (χ3v) is 3.12. The number of hydrogen-bond donors (Lipinski definition) is 1. The van der Waals surface area contributed by atoms with Gasteiger partial charge in [0.1, 0.15) is 5.82 Å². The summed E-state index contributed by atoms with van der Waals surface area (Å²) in [6.07, 6.45) is 0.782. The Morgan fingerprint density at radius 3 is 2.53 bits per heavy atom. The van der Waals surface area contributed by atoms with Gasteiger partial charge in [0, 0.05) is 4.47 Å². The molecule has 0 spiro atoms. The molecule has 0 heterocycles. The summed E-state index contributed by atoms with van der Waals surface area (Å²) in [5.74, 6) is 0.992. The maximum Gasteiger partial charge on any atom is 0.127 e. The lowest BCUT2D eigenvalue weighted by Crippen LogP contribution is -2.26. The number of halogens is 2. The summed E-state index contributed by atoms with van der Waals surface area (Å²) in [5, 5.41) is 3.40. The molecule has 0 saturated heterocycles. The average molecular weight is 302 g/mol. The van der Waals surface area contributed by atoms with Crippen molar-refractivity contribution in [3.63, 3.8) is 0 Å². The highest BCUT2D eigenvalue weighted by Gasteiger charge is 2.08. The Morgan fingerprint density at radius 2 is 1.94 bits per heavy atom. The number of nitrogens with one attached hydrogen (secondary N) is 1. The molecular formula is C14H21BrFN. The second-order valence-corrected chi connectivity index (χ2v) is 6.01.